The molecule has 0 spiro atoms. The van der Waals surface area contributed by atoms with Crippen molar-refractivity contribution in [1.29, 1.82) is 0 Å². The molecule has 2 N–H and O–H groups in total. The normalized spacial score (nSPS) is 25.2. The lowest BCUT2D eigenvalue weighted by molar-refractivity contribution is 0.0476. The molecular weight excluding hydrogens is 220 g/mol. The molecule has 0 aromatic carbocycles. The smallest absolute Gasteiger partial charge is 0.0334 e. The average molecular weight is 252 g/mol. The Kier molecular flexibility index (Phi) is 5.08. The van der Waals surface area contributed by atoms with Gasteiger partial charge in [-0.05, 0) is 31.6 Å². The quantitative estimate of drug-likeness (QED) is 0.811. The number of rotatable bonds is 5. The minimum Gasteiger partial charge on any atom is -0.329 e. The van der Waals surface area contributed by atoms with Crippen LogP contribution < -0.4 is 5.73 Å². The Morgan fingerprint density at radius 2 is 1.61 bits per heavy atom. The molecule has 2 rings (SSSR count). The summed E-state index contributed by atoms with van der Waals surface area (Å²) in [6.45, 7) is 6.82. The van der Waals surface area contributed by atoms with Gasteiger partial charge in [-0.2, -0.15) is 0 Å². The SMILES string of the molecule is CC(C)CN(C1CC1)C1(CN)CCCCCCC1. The van der Waals surface area contributed by atoms with Crippen LogP contribution in [0.2, 0.25) is 0 Å². The van der Waals surface area contributed by atoms with E-state index in [1.54, 1.807) is 0 Å². The van der Waals surface area contributed by atoms with Crippen LogP contribution in [0, 0.1) is 5.92 Å². The Hall–Kier alpha value is -0.0800. The van der Waals surface area contributed by atoms with Gasteiger partial charge in [0.05, 0.1) is 0 Å². The molecule has 106 valence electrons. The molecule has 0 amide bonds. The lowest BCUT2D eigenvalue weighted by Crippen LogP contribution is -2.56. The lowest BCUT2D eigenvalue weighted by atomic mass is 9.81. The summed E-state index contributed by atoms with van der Waals surface area (Å²) in [5.41, 5.74) is 6.60. The third-order valence-corrected chi connectivity index (χ3v) is 4.82. The standard InChI is InChI=1S/C16H32N2/c1-14(2)12-18(15-8-9-15)16(13-17)10-6-4-3-5-7-11-16/h14-15H,3-13,17H2,1-2H3. The largest absolute Gasteiger partial charge is 0.329 e. The molecule has 0 bridgehead atoms. The van der Waals surface area contributed by atoms with Gasteiger partial charge in [-0.1, -0.05) is 46.0 Å². The summed E-state index contributed by atoms with van der Waals surface area (Å²) in [5, 5.41) is 0. The first kappa shape index (κ1) is 14.3. The van der Waals surface area contributed by atoms with Crippen LogP contribution in [0.25, 0.3) is 0 Å². The van der Waals surface area contributed by atoms with Gasteiger partial charge < -0.3 is 5.73 Å². The van der Waals surface area contributed by atoms with Gasteiger partial charge in [0, 0.05) is 24.7 Å². The van der Waals surface area contributed by atoms with E-state index in [1.165, 1.54) is 64.3 Å². The van der Waals surface area contributed by atoms with Gasteiger partial charge in [0.15, 0.2) is 0 Å². The Balaban J connectivity index is 2.09. The number of hydrogen-bond acceptors (Lipinski definition) is 2. The topological polar surface area (TPSA) is 29.3 Å². The lowest BCUT2D eigenvalue weighted by Gasteiger charge is -2.46. The van der Waals surface area contributed by atoms with Gasteiger partial charge in [-0.25, -0.2) is 0 Å². The summed E-state index contributed by atoms with van der Waals surface area (Å²) in [7, 11) is 0. The first-order chi connectivity index (χ1) is 8.68. The van der Waals surface area contributed by atoms with Crippen LogP contribution in [-0.4, -0.2) is 29.6 Å². The molecule has 2 aliphatic rings. The molecule has 2 saturated carbocycles. The number of hydrogen-bond donors (Lipinski definition) is 1. The van der Waals surface area contributed by atoms with Crippen LogP contribution in [0.3, 0.4) is 0 Å². The van der Waals surface area contributed by atoms with Gasteiger partial charge >= 0.3 is 0 Å². The van der Waals surface area contributed by atoms with E-state index in [9.17, 15) is 0 Å². The molecule has 0 aliphatic heterocycles. The van der Waals surface area contributed by atoms with E-state index in [-0.39, 0.29) is 0 Å². The van der Waals surface area contributed by atoms with Crippen molar-refractivity contribution < 1.29 is 0 Å². The average Bonchev–Trinajstić information content (AvgIpc) is 3.11. The van der Waals surface area contributed by atoms with E-state index in [0.717, 1.165) is 18.5 Å². The van der Waals surface area contributed by atoms with Gasteiger partial charge in [-0.3, -0.25) is 4.90 Å². The summed E-state index contributed by atoms with van der Waals surface area (Å²) in [6.07, 6.45) is 12.6. The van der Waals surface area contributed by atoms with E-state index >= 15 is 0 Å². The second kappa shape index (κ2) is 6.38. The maximum Gasteiger partial charge on any atom is 0.0334 e. The minimum absolute atomic E-state index is 0.339. The zero-order valence-corrected chi connectivity index (χ0v) is 12.5. The fraction of sp³-hybridized carbons (Fsp3) is 1.00. The molecule has 0 aromatic heterocycles. The Morgan fingerprint density at radius 3 is 2.06 bits per heavy atom. The van der Waals surface area contributed by atoms with Crippen LogP contribution in [0.1, 0.15) is 71.6 Å². The summed E-state index contributed by atoms with van der Waals surface area (Å²) < 4.78 is 0. The zero-order chi connectivity index (χ0) is 13.0. The highest BCUT2D eigenvalue weighted by atomic mass is 15.3. The Labute approximate surface area is 113 Å². The van der Waals surface area contributed by atoms with Crippen LogP contribution >= 0.6 is 0 Å². The highest BCUT2D eigenvalue weighted by Gasteiger charge is 2.43. The van der Waals surface area contributed by atoms with Crippen molar-refractivity contribution in [2.75, 3.05) is 13.1 Å². The predicted molar refractivity (Wildman–Crippen MR) is 78.7 cm³/mol. The zero-order valence-electron chi connectivity index (χ0n) is 12.5. The van der Waals surface area contributed by atoms with E-state index in [2.05, 4.69) is 18.7 Å². The fourth-order valence-corrected chi connectivity index (χ4v) is 3.68. The van der Waals surface area contributed by atoms with Crippen molar-refractivity contribution in [2.24, 2.45) is 11.7 Å². The van der Waals surface area contributed by atoms with Crippen LogP contribution in [-0.2, 0) is 0 Å². The second-order valence-corrected chi connectivity index (χ2v) is 6.97. The molecule has 0 unspecified atom stereocenters. The van der Waals surface area contributed by atoms with Gasteiger partial charge in [0.25, 0.3) is 0 Å². The van der Waals surface area contributed by atoms with Gasteiger partial charge in [0.2, 0.25) is 0 Å². The summed E-state index contributed by atoms with van der Waals surface area (Å²) >= 11 is 0. The molecule has 2 heteroatoms. The van der Waals surface area contributed by atoms with Crippen LogP contribution in [0.15, 0.2) is 0 Å². The summed E-state index contributed by atoms with van der Waals surface area (Å²) in [6, 6.07) is 0.857. The molecule has 0 atom stereocenters. The van der Waals surface area contributed by atoms with E-state index in [0.29, 0.717) is 5.54 Å². The molecule has 0 radical (unpaired) electrons. The molecule has 0 aromatic rings. The first-order valence-electron chi connectivity index (χ1n) is 8.15. The maximum absolute atomic E-state index is 6.26. The summed E-state index contributed by atoms with van der Waals surface area (Å²) in [4.78, 5) is 2.82. The molecule has 0 saturated heterocycles. The number of nitrogens with zero attached hydrogens (tertiary/aromatic N) is 1. The van der Waals surface area contributed by atoms with Crippen LogP contribution in [0.5, 0.6) is 0 Å². The molecule has 2 aliphatic carbocycles. The molecule has 2 nitrogen and oxygen atoms in total. The highest BCUT2D eigenvalue weighted by Crippen LogP contribution is 2.39. The monoisotopic (exact) mass is 252 g/mol. The van der Waals surface area contributed by atoms with E-state index in [1.807, 2.05) is 0 Å². The number of nitrogens with two attached hydrogens (primary N) is 1. The predicted octanol–water partition coefficient (Wildman–Crippen LogP) is 3.55. The van der Waals surface area contributed by atoms with Crippen LogP contribution in [0.4, 0.5) is 0 Å². The molecule has 2 fully saturated rings. The van der Waals surface area contributed by atoms with Gasteiger partial charge in [0.1, 0.15) is 0 Å². The maximum atomic E-state index is 6.26. The summed E-state index contributed by atoms with van der Waals surface area (Å²) in [5.74, 6) is 0.763. The van der Waals surface area contributed by atoms with Crippen molar-refractivity contribution in [3.8, 4) is 0 Å². The van der Waals surface area contributed by atoms with Crippen molar-refractivity contribution in [1.82, 2.24) is 4.90 Å². The van der Waals surface area contributed by atoms with Crippen molar-refractivity contribution in [2.45, 2.75) is 83.2 Å². The van der Waals surface area contributed by atoms with Crippen molar-refractivity contribution in [3.05, 3.63) is 0 Å². The first-order valence-corrected chi connectivity index (χ1v) is 8.15. The Morgan fingerprint density at radius 1 is 1.06 bits per heavy atom. The van der Waals surface area contributed by atoms with E-state index < -0.39 is 0 Å². The minimum atomic E-state index is 0.339. The highest BCUT2D eigenvalue weighted by molar-refractivity contribution is 5.00. The Bertz CT molecular complexity index is 237. The van der Waals surface area contributed by atoms with Crippen molar-refractivity contribution >= 4 is 0 Å². The van der Waals surface area contributed by atoms with Gasteiger partial charge in [-0.15, -0.1) is 0 Å². The fourth-order valence-electron chi connectivity index (χ4n) is 3.68. The third kappa shape index (κ3) is 3.48. The van der Waals surface area contributed by atoms with E-state index in [4.69, 9.17) is 5.73 Å². The molecule has 18 heavy (non-hydrogen) atoms. The third-order valence-electron chi connectivity index (χ3n) is 4.82. The molecular formula is C16H32N2. The molecule has 0 heterocycles. The van der Waals surface area contributed by atoms with Crippen molar-refractivity contribution in [3.63, 3.8) is 0 Å². The second-order valence-electron chi connectivity index (χ2n) is 6.97.